The Morgan fingerprint density at radius 3 is 2.53 bits per heavy atom. The van der Waals surface area contributed by atoms with Gasteiger partial charge in [0.25, 0.3) is 0 Å². The molecule has 2 fully saturated rings. The number of nitrogens with two attached hydrogens (primary N) is 1. The topological polar surface area (TPSA) is 58.4 Å². The Morgan fingerprint density at radius 1 is 1.05 bits per heavy atom. The van der Waals surface area contributed by atoms with Crippen molar-refractivity contribution in [3.8, 4) is 0 Å². The summed E-state index contributed by atoms with van der Waals surface area (Å²) in [4.78, 5) is 14.6. The van der Waals surface area contributed by atoms with Crippen LogP contribution in [0.25, 0.3) is 0 Å². The summed E-state index contributed by atoms with van der Waals surface area (Å²) in [6.07, 6.45) is 9.51. The van der Waals surface area contributed by atoms with Gasteiger partial charge in [-0.2, -0.15) is 0 Å². The van der Waals surface area contributed by atoms with Crippen molar-refractivity contribution in [2.24, 2.45) is 11.7 Å². The van der Waals surface area contributed by atoms with Gasteiger partial charge >= 0.3 is 0 Å². The van der Waals surface area contributed by atoms with Crippen LogP contribution in [0.5, 0.6) is 0 Å². The number of carbonyl (C=O) groups is 1. The van der Waals surface area contributed by atoms with E-state index in [1.165, 1.54) is 45.2 Å². The zero-order chi connectivity index (χ0) is 13.5. The van der Waals surface area contributed by atoms with Crippen molar-refractivity contribution in [1.29, 1.82) is 0 Å². The second-order valence-corrected chi connectivity index (χ2v) is 6.10. The lowest BCUT2D eigenvalue weighted by Crippen LogP contribution is -2.44. The number of nitrogens with zero attached hydrogens (tertiary/aromatic N) is 1. The van der Waals surface area contributed by atoms with E-state index in [9.17, 15) is 4.79 Å². The van der Waals surface area contributed by atoms with E-state index in [2.05, 4.69) is 10.2 Å². The number of amides is 1. The molecule has 1 saturated heterocycles. The Bertz CT molecular complexity index is 277. The minimum atomic E-state index is 0.0452. The predicted octanol–water partition coefficient (Wildman–Crippen LogP) is 1.50. The number of hydrogen-bond donors (Lipinski definition) is 2. The molecule has 2 atom stereocenters. The van der Waals surface area contributed by atoms with E-state index in [1.54, 1.807) is 0 Å². The lowest BCUT2D eigenvalue weighted by molar-refractivity contribution is -0.125. The maximum Gasteiger partial charge on any atom is 0.224 e. The molecular formula is C15H29N3O. The Hall–Kier alpha value is -0.610. The molecule has 19 heavy (non-hydrogen) atoms. The molecule has 0 spiro atoms. The highest BCUT2D eigenvalue weighted by atomic mass is 16.1. The third kappa shape index (κ3) is 4.77. The second kappa shape index (κ2) is 7.85. The van der Waals surface area contributed by atoms with Crippen LogP contribution in [0.1, 0.15) is 51.4 Å². The fourth-order valence-corrected chi connectivity index (χ4v) is 3.31. The van der Waals surface area contributed by atoms with Gasteiger partial charge in [-0.1, -0.05) is 25.7 Å². The van der Waals surface area contributed by atoms with Gasteiger partial charge in [-0.05, 0) is 38.8 Å². The van der Waals surface area contributed by atoms with E-state index in [0.717, 1.165) is 32.4 Å². The molecule has 2 aliphatic rings. The van der Waals surface area contributed by atoms with Crippen molar-refractivity contribution < 1.29 is 4.79 Å². The van der Waals surface area contributed by atoms with Gasteiger partial charge in [0, 0.05) is 19.1 Å². The van der Waals surface area contributed by atoms with Gasteiger partial charge in [-0.25, -0.2) is 0 Å². The third-order valence-corrected chi connectivity index (χ3v) is 4.58. The van der Waals surface area contributed by atoms with E-state index in [-0.39, 0.29) is 17.9 Å². The van der Waals surface area contributed by atoms with Crippen LogP contribution in [0.15, 0.2) is 0 Å². The molecule has 1 heterocycles. The van der Waals surface area contributed by atoms with Gasteiger partial charge in [0.2, 0.25) is 5.91 Å². The molecule has 0 aromatic carbocycles. The Morgan fingerprint density at radius 2 is 1.74 bits per heavy atom. The number of likely N-dealkylation sites (tertiary alicyclic amines) is 1. The van der Waals surface area contributed by atoms with Crippen molar-refractivity contribution in [2.75, 3.05) is 26.2 Å². The standard InChI is InChI=1S/C15H29N3O/c16-14-8-4-1-3-7-13(14)15(19)17-9-12-18-10-5-2-6-11-18/h13-14H,1-12,16H2,(H,17,19). The van der Waals surface area contributed by atoms with Crippen LogP contribution in [-0.4, -0.2) is 43.0 Å². The van der Waals surface area contributed by atoms with E-state index in [1.807, 2.05) is 0 Å². The minimum absolute atomic E-state index is 0.0452. The molecule has 4 heteroatoms. The van der Waals surface area contributed by atoms with Crippen molar-refractivity contribution in [1.82, 2.24) is 10.2 Å². The van der Waals surface area contributed by atoms with Crippen LogP contribution >= 0.6 is 0 Å². The number of hydrogen-bond acceptors (Lipinski definition) is 3. The molecule has 110 valence electrons. The Kier molecular flexibility index (Phi) is 6.11. The van der Waals surface area contributed by atoms with Gasteiger partial charge in [-0.3, -0.25) is 4.79 Å². The van der Waals surface area contributed by atoms with Crippen LogP contribution in [-0.2, 0) is 4.79 Å². The number of piperidine rings is 1. The van der Waals surface area contributed by atoms with E-state index >= 15 is 0 Å². The molecule has 2 rings (SSSR count). The quantitative estimate of drug-likeness (QED) is 0.759. The lowest BCUT2D eigenvalue weighted by Gasteiger charge is -2.27. The molecule has 1 amide bonds. The Labute approximate surface area is 117 Å². The first kappa shape index (κ1) is 14.8. The Balaban J connectivity index is 1.67. The molecule has 1 saturated carbocycles. The maximum absolute atomic E-state index is 12.2. The summed E-state index contributed by atoms with van der Waals surface area (Å²) in [5.74, 6) is 0.232. The fourth-order valence-electron chi connectivity index (χ4n) is 3.31. The van der Waals surface area contributed by atoms with Gasteiger partial charge < -0.3 is 16.0 Å². The molecule has 0 aromatic heterocycles. The number of nitrogens with one attached hydrogen (secondary N) is 1. The first-order valence-electron chi connectivity index (χ1n) is 8.03. The predicted molar refractivity (Wildman–Crippen MR) is 77.9 cm³/mol. The lowest BCUT2D eigenvalue weighted by atomic mass is 9.94. The van der Waals surface area contributed by atoms with Crippen molar-refractivity contribution in [3.63, 3.8) is 0 Å². The van der Waals surface area contributed by atoms with Gasteiger partial charge in [0.1, 0.15) is 0 Å². The van der Waals surface area contributed by atoms with Crippen LogP contribution < -0.4 is 11.1 Å². The van der Waals surface area contributed by atoms with Crippen molar-refractivity contribution in [3.05, 3.63) is 0 Å². The SMILES string of the molecule is NC1CCCCCC1C(=O)NCCN1CCCCC1. The zero-order valence-electron chi connectivity index (χ0n) is 12.1. The molecule has 0 radical (unpaired) electrons. The molecule has 2 unspecified atom stereocenters. The molecule has 1 aliphatic heterocycles. The summed E-state index contributed by atoms with van der Waals surface area (Å²) >= 11 is 0. The van der Waals surface area contributed by atoms with Crippen molar-refractivity contribution in [2.45, 2.75) is 57.4 Å². The second-order valence-electron chi connectivity index (χ2n) is 6.10. The van der Waals surface area contributed by atoms with Crippen LogP contribution in [0.4, 0.5) is 0 Å². The summed E-state index contributed by atoms with van der Waals surface area (Å²) < 4.78 is 0. The van der Waals surface area contributed by atoms with E-state index in [0.29, 0.717) is 0 Å². The smallest absolute Gasteiger partial charge is 0.224 e. The first-order valence-corrected chi connectivity index (χ1v) is 8.03. The maximum atomic E-state index is 12.2. The highest BCUT2D eigenvalue weighted by Crippen LogP contribution is 2.22. The molecule has 1 aliphatic carbocycles. The largest absolute Gasteiger partial charge is 0.355 e. The van der Waals surface area contributed by atoms with Crippen molar-refractivity contribution >= 4 is 5.91 Å². The van der Waals surface area contributed by atoms with E-state index < -0.39 is 0 Å². The van der Waals surface area contributed by atoms with Gasteiger partial charge in [0.05, 0.1) is 5.92 Å². The summed E-state index contributed by atoms with van der Waals surface area (Å²) in [7, 11) is 0. The number of carbonyl (C=O) groups excluding carboxylic acids is 1. The molecule has 3 N–H and O–H groups in total. The summed E-state index contributed by atoms with van der Waals surface area (Å²) in [6, 6.07) is 0.0671. The monoisotopic (exact) mass is 267 g/mol. The zero-order valence-corrected chi connectivity index (χ0v) is 12.1. The van der Waals surface area contributed by atoms with Gasteiger partial charge in [0.15, 0.2) is 0 Å². The molecule has 0 bridgehead atoms. The molecule has 4 nitrogen and oxygen atoms in total. The first-order chi connectivity index (χ1) is 9.27. The van der Waals surface area contributed by atoms with E-state index in [4.69, 9.17) is 5.73 Å². The average molecular weight is 267 g/mol. The fraction of sp³-hybridized carbons (Fsp3) is 0.933. The van der Waals surface area contributed by atoms with Crippen LogP contribution in [0, 0.1) is 5.92 Å². The third-order valence-electron chi connectivity index (χ3n) is 4.58. The van der Waals surface area contributed by atoms with Gasteiger partial charge in [-0.15, -0.1) is 0 Å². The molecule has 0 aromatic rings. The van der Waals surface area contributed by atoms with Crippen LogP contribution in [0.2, 0.25) is 0 Å². The summed E-state index contributed by atoms with van der Waals surface area (Å²) in [5.41, 5.74) is 6.12. The number of rotatable bonds is 4. The summed E-state index contributed by atoms with van der Waals surface area (Å²) in [6.45, 7) is 4.16. The van der Waals surface area contributed by atoms with Crippen LogP contribution in [0.3, 0.4) is 0 Å². The normalized spacial score (nSPS) is 29.7. The highest BCUT2D eigenvalue weighted by Gasteiger charge is 2.26. The highest BCUT2D eigenvalue weighted by molar-refractivity contribution is 5.79. The average Bonchev–Trinajstić information content (AvgIpc) is 2.64. The minimum Gasteiger partial charge on any atom is -0.355 e. The molecular weight excluding hydrogens is 238 g/mol. The summed E-state index contributed by atoms with van der Waals surface area (Å²) in [5, 5.41) is 3.10.